The van der Waals surface area contributed by atoms with Crippen LogP contribution in [0.25, 0.3) is 10.8 Å². The molecule has 2 atom stereocenters. The molecule has 0 spiro atoms. The molecule has 25 heavy (non-hydrogen) atoms. The van der Waals surface area contributed by atoms with Crippen LogP contribution in [0.1, 0.15) is 19.5 Å². The third-order valence-electron chi connectivity index (χ3n) is 4.35. The van der Waals surface area contributed by atoms with Gasteiger partial charge in [0.05, 0.1) is 29.7 Å². The first-order chi connectivity index (χ1) is 12.0. The molecule has 0 aliphatic carbocycles. The van der Waals surface area contributed by atoms with E-state index in [2.05, 4.69) is 34.3 Å². The molecule has 2 aromatic rings. The van der Waals surface area contributed by atoms with Gasteiger partial charge in [0, 0.05) is 31.6 Å². The number of carbonyl (C=O) groups is 1. The standard InChI is InChI=1S/C18H24N4O3/c1-12-10-22(11-13(2)25-12)8-7-19-17(23)9-16-14-5-3-4-6-15(14)18(24)21-20-16/h3-6,12-13H,7-11H2,1-2H3,(H,19,23)(H,21,24)/t12-,13-/m0/s1. The predicted octanol–water partition coefficient (Wildman–Crippen LogP) is 0.691. The van der Waals surface area contributed by atoms with Crippen molar-refractivity contribution in [1.29, 1.82) is 0 Å². The van der Waals surface area contributed by atoms with Crippen LogP contribution in [0, 0.1) is 0 Å². The van der Waals surface area contributed by atoms with E-state index in [1.54, 1.807) is 12.1 Å². The van der Waals surface area contributed by atoms with Crippen LogP contribution < -0.4 is 10.9 Å². The second-order valence-electron chi connectivity index (χ2n) is 6.59. The van der Waals surface area contributed by atoms with Crippen molar-refractivity contribution in [2.24, 2.45) is 0 Å². The van der Waals surface area contributed by atoms with Crippen LogP contribution in [-0.2, 0) is 16.0 Å². The Balaban J connectivity index is 1.55. The molecule has 1 amide bonds. The number of aromatic nitrogens is 2. The Labute approximate surface area is 146 Å². The lowest BCUT2D eigenvalue weighted by Crippen LogP contribution is -2.48. The molecule has 1 saturated heterocycles. The van der Waals surface area contributed by atoms with Gasteiger partial charge in [-0.1, -0.05) is 18.2 Å². The first-order valence-corrected chi connectivity index (χ1v) is 8.63. The monoisotopic (exact) mass is 344 g/mol. The Kier molecular flexibility index (Phi) is 5.45. The maximum atomic E-state index is 12.2. The zero-order valence-electron chi connectivity index (χ0n) is 14.6. The summed E-state index contributed by atoms with van der Waals surface area (Å²) in [6, 6.07) is 7.19. The van der Waals surface area contributed by atoms with Gasteiger partial charge in [-0.3, -0.25) is 14.5 Å². The highest BCUT2D eigenvalue weighted by Gasteiger charge is 2.21. The second-order valence-corrected chi connectivity index (χ2v) is 6.59. The van der Waals surface area contributed by atoms with Crippen LogP contribution in [-0.4, -0.2) is 59.4 Å². The molecule has 0 saturated carbocycles. The Morgan fingerprint density at radius 2 is 1.96 bits per heavy atom. The SMILES string of the molecule is C[C@H]1CN(CCNC(=O)Cc2n[nH]c(=O)c3ccccc23)C[C@H](C)O1. The molecule has 1 fully saturated rings. The van der Waals surface area contributed by atoms with E-state index in [1.807, 2.05) is 12.1 Å². The van der Waals surface area contributed by atoms with Gasteiger partial charge in [0.15, 0.2) is 0 Å². The van der Waals surface area contributed by atoms with E-state index in [0.717, 1.165) is 25.0 Å². The molecule has 2 N–H and O–H groups in total. The maximum Gasteiger partial charge on any atom is 0.272 e. The first-order valence-electron chi connectivity index (χ1n) is 8.63. The summed E-state index contributed by atoms with van der Waals surface area (Å²) in [6.07, 6.45) is 0.583. The Bertz CT molecular complexity index is 794. The molecule has 1 aromatic carbocycles. The number of hydrogen-bond acceptors (Lipinski definition) is 5. The number of fused-ring (bicyclic) bond motifs is 1. The number of carbonyl (C=O) groups excluding carboxylic acids is 1. The minimum Gasteiger partial charge on any atom is -0.373 e. The van der Waals surface area contributed by atoms with Gasteiger partial charge in [-0.15, -0.1) is 0 Å². The molecule has 0 bridgehead atoms. The van der Waals surface area contributed by atoms with Gasteiger partial charge in [-0.25, -0.2) is 5.10 Å². The molecule has 7 nitrogen and oxygen atoms in total. The van der Waals surface area contributed by atoms with Crippen molar-refractivity contribution in [2.75, 3.05) is 26.2 Å². The number of ether oxygens (including phenoxy) is 1. The molecule has 1 aliphatic rings. The van der Waals surface area contributed by atoms with Crippen molar-refractivity contribution in [3.8, 4) is 0 Å². The molecule has 7 heteroatoms. The fourth-order valence-electron chi connectivity index (χ4n) is 3.34. The van der Waals surface area contributed by atoms with Crippen LogP contribution >= 0.6 is 0 Å². The summed E-state index contributed by atoms with van der Waals surface area (Å²) < 4.78 is 5.71. The third-order valence-corrected chi connectivity index (χ3v) is 4.35. The van der Waals surface area contributed by atoms with E-state index < -0.39 is 0 Å². The van der Waals surface area contributed by atoms with Crippen molar-refractivity contribution < 1.29 is 9.53 Å². The molecule has 0 radical (unpaired) electrons. The summed E-state index contributed by atoms with van der Waals surface area (Å²) in [4.78, 5) is 26.3. The van der Waals surface area contributed by atoms with E-state index in [4.69, 9.17) is 4.74 Å². The summed E-state index contributed by atoms with van der Waals surface area (Å²) in [6.45, 7) is 7.27. The summed E-state index contributed by atoms with van der Waals surface area (Å²) in [5.74, 6) is -0.0981. The average Bonchev–Trinajstić information content (AvgIpc) is 2.57. The number of benzene rings is 1. The van der Waals surface area contributed by atoms with Crippen LogP contribution in [0.5, 0.6) is 0 Å². The smallest absolute Gasteiger partial charge is 0.272 e. The predicted molar refractivity (Wildman–Crippen MR) is 95.5 cm³/mol. The van der Waals surface area contributed by atoms with Gasteiger partial charge in [0.25, 0.3) is 5.56 Å². The third kappa shape index (κ3) is 4.43. The topological polar surface area (TPSA) is 87.3 Å². The fraction of sp³-hybridized carbons (Fsp3) is 0.500. The molecule has 0 unspecified atom stereocenters. The van der Waals surface area contributed by atoms with Gasteiger partial charge < -0.3 is 10.1 Å². The number of nitrogens with zero attached hydrogens (tertiary/aromatic N) is 2. The van der Waals surface area contributed by atoms with Crippen molar-refractivity contribution in [3.05, 3.63) is 40.3 Å². The van der Waals surface area contributed by atoms with Crippen molar-refractivity contribution in [3.63, 3.8) is 0 Å². The number of hydrogen-bond donors (Lipinski definition) is 2. The zero-order chi connectivity index (χ0) is 17.8. The number of aromatic amines is 1. The van der Waals surface area contributed by atoms with Gasteiger partial charge in [-0.2, -0.15) is 5.10 Å². The number of H-pyrrole nitrogens is 1. The maximum absolute atomic E-state index is 12.2. The van der Waals surface area contributed by atoms with Crippen LogP contribution in [0.4, 0.5) is 0 Å². The van der Waals surface area contributed by atoms with E-state index in [-0.39, 0.29) is 30.1 Å². The quantitative estimate of drug-likeness (QED) is 0.833. The largest absolute Gasteiger partial charge is 0.373 e. The minimum atomic E-state index is -0.240. The Morgan fingerprint density at radius 1 is 1.28 bits per heavy atom. The van der Waals surface area contributed by atoms with Gasteiger partial charge in [0.2, 0.25) is 5.91 Å². The van der Waals surface area contributed by atoms with E-state index in [0.29, 0.717) is 17.6 Å². The number of nitrogens with one attached hydrogen (secondary N) is 2. The Hall–Kier alpha value is -2.25. The summed E-state index contributed by atoms with van der Waals surface area (Å²) in [7, 11) is 0. The molecule has 1 aliphatic heterocycles. The van der Waals surface area contributed by atoms with Gasteiger partial charge in [0.1, 0.15) is 0 Å². The normalized spacial score (nSPS) is 21.4. The molecule has 2 heterocycles. The Morgan fingerprint density at radius 3 is 2.68 bits per heavy atom. The van der Waals surface area contributed by atoms with Crippen LogP contribution in [0.2, 0.25) is 0 Å². The molecule has 134 valence electrons. The summed E-state index contributed by atoms with van der Waals surface area (Å²) in [5, 5.41) is 10.7. The van der Waals surface area contributed by atoms with Crippen LogP contribution in [0.3, 0.4) is 0 Å². The molecular weight excluding hydrogens is 320 g/mol. The van der Waals surface area contributed by atoms with E-state index in [1.165, 1.54) is 0 Å². The lowest BCUT2D eigenvalue weighted by atomic mass is 10.1. The van der Waals surface area contributed by atoms with Gasteiger partial charge in [-0.05, 0) is 19.9 Å². The fourth-order valence-corrected chi connectivity index (χ4v) is 3.34. The van der Waals surface area contributed by atoms with Gasteiger partial charge >= 0.3 is 0 Å². The highest BCUT2D eigenvalue weighted by atomic mass is 16.5. The second kappa shape index (κ2) is 7.76. The number of rotatable bonds is 5. The zero-order valence-corrected chi connectivity index (χ0v) is 14.6. The summed E-state index contributed by atoms with van der Waals surface area (Å²) >= 11 is 0. The van der Waals surface area contributed by atoms with Crippen LogP contribution in [0.15, 0.2) is 29.1 Å². The van der Waals surface area contributed by atoms with Crippen molar-refractivity contribution in [2.45, 2.75) is 32.5 Å². The lowest BCUT2D eigenvalue weighted by molar-refractivity contribution is -0.120. The molecular formula is C18H24N4O3. The average molecular weight is 344 g/mol. The number of amides is 1. The highest BCUT2D eigenvalue weighted by Crippen LogP contribution is 2.13. The highest BCUT2D eigenvalue weighted by molar-refractivity contribution is 5.88. The minimum absolute atomic E-state index is 0.0981. The molecule has 1 aromatic heterocycles. The lowest BCUT2D eigenvalue weighted by Gasteiger charge is -2.35. The summed E-state index contributed by atoms with van der Waals surface area (Å²) in [5.41, 5.74) is 0.344. The van der Waals surface area contributed by atoms with E-state index in [9.17, 15) is 9.59 Å². The van der Waals surface area contributed by atoms with E-state index >= 15 is 0 Å². The van der Waals surface area contributed by atoms with Crippen molar-refractivity contribution in [1.82, 2.24) is 20.4 Å². The van der Waals surface area contributed by atoms with Crippen molar-refractivity contribution >= 4 is 16.7 Å². The molecule has 3 rings (SSSR count). The number of morpholine rings is 1. The first kappa shape index (κ1) is 17.6.